The molecule has 1 rings (SSSR count). The average molecular weight is 363 g/mol. The summed E-state index contributed by atoms with van der Waals surface area (Å²) in [6.45, 7) is 6.62. The molecule has 2 amide bonds. The van der Waals surface area contributed by atoms with Gasteiger partial charge in [-0.1, -0.05) is 13.8 Å². The van der Waals surface area contributed by atoms with Crippen LogP contribution in [0.25, 0.3) is 0 Å². The fraction of sp³-hybridized carbons (Fsp3) is 0.526. The van der Waals surface area contributed by atoms with E-state index in [0.717, 1.165) is 5.69 Å². The van der Waals surface area contributed by atoms with E-state index in [1.807, 2.05) is 32.8 Å². The van der Waals surface area contributed by atoms with Crippen molar-refractivity contribution in [2.45, 2.75) is 33.6 Å². The van der Waals surface area contributed by atoms with Crippen LogP contribution in [-0.2, 0) is 14.3 Å². The highest BCUT2D eigenvalue weighted by Gasteiger charge is 2.15. The van der Waals surface area contributed by atoms with Crippen LogP contribution in [0.3, 0.4) is 0 Å². The Hall–Kier alpha value is -2.57. The number of rotatable bonds is 9. The number of esters is 1. The Morgan fingerprint density at radius 2 is 1.85 bits per heavy atom. The fourth-order valence-electron chi connectivity index (χ4n) is 2.25. The number of hydrogen-bond donors (Lipinski definition) is 2. The summed E-state index contributed by atoms with van der Waals surface area (Å²) in [4.78, 5) is 37.7. The van der Waals surface area contributed by atoms with E-state index in [0.29, 0.717) is 30.3 Å². The van der Waals surface area contributed by atoms with Gasteiger partial charge in [0.25, 0.3) is 5.91 Å². The van der Waals surface area contributed by atoms with E-state index in [1.165, 1.54) is 0 Å². The summed E-state index contributed by atoms with van der Waals surface area (Å²) >= 11 is 0. The lowest BCUT2D eigenvalue weighted by atomic mass is 10.1. The first-order valence-corrected chi connectivity index (χ1v) is 8.79. The number of benzene rings is 1. The topological polar surface area (TPSA) is 87.7 Å². The maximum absolute atomic E-state index is 12.5. The third-order valence-corrected chi connectivity index (χ3v) is 3.54. The molecule has 144 valence electrons. The largest absolute Gasteiger partial charge is 0.466 e. The van der Waals surface area contributed by atoms with Gasteiger partial charge in [-0.3, -0.25) is 14.4 Å². The minimum Gasteiger partial charge on any atom is -0.466 e. The van der Waals surface area contributed by atoms with Gasteiger partial charge < -0.3 is 20.3 Å². The monoisotopic (exact) mass is 363 g/mol. The number of ether oxygens (including phenoxy) is 1. The number of nitrogens with zero attached hydrogens (tertiary/aromatic N) is 1. The highest BCUT2D eigenvalue weighted by molar-refractivity contribution is 6.02. The predicted molar refractivity (Wildman–Crippen MR) is 102 cm³/mol. The molecule has 0 fully saturated rings. The molecule has 0 aliphatic rings. The predicted octanol–water partition coefficient (Wildman–Crippen LogP) is 2.42. The maximum Gasteiger partial charge on any atom is 0.306 e. The molecular weight excluding hydrogens is 334 g/mol. The van der Waals surface area contributed by atoms with Crippen molar-refractivity contribution in [3.8, 4) is 0 Å². The van der Waals surface area contributed by atoms with Crippen molar-refractivity contribution >= 4 is 29.2 Å². The molecule has 0 radical (unpaired) electrons. The first kappa shape index (κ1) is 21.5. The Kier molecular flexibility index (Phi) is 8.61. The molecule has 1 aromatic carbocycles. The minimum absolute atomic E-state index is 0.0250. The number of amides is 2. The zero-order valence-electron chi connectivity index (χ0n) is 16.2. The van der Waals surface area contributed by atoms with Gasteiger partial charge in [0, 0.05) is 38.4 Å². The Balaban J connectivity index is 2.83. The van der Waals surface area contributed by atoms with Gasteiger partial charge in [0.15, 0.2) is 0 Å². The molecule has 0 unspecified atom stereocenters. The Morgan fingerprint density at radius 1 is 1.15 bits per heavy atom. The first-order chi connectivity index (χ1) is 12.2. The Morgan fingerprint density at radius 3 is 2.42 bits per heavy atom. The van der Waals surface area contributed by atoms with Crippen LogP contribution in [-0.4, -0.2) is 45.0 Å². The molecule has 0 spiro atoms. The Bertz CT molecular complexity index is 642. The van der Waals surface area contributed by atoms with E-state index in [4.69, 9.17) is 4.74 Å². The zero-order valence-corrected chi connectivity index (χ0v) is 16.2. The fourth-order valence-corrected chi connectivity index (χ4v) is 2.25. The lowest BCUT2D eigenvalue weighted by Crippen LogP contribution is -2.29. The van der Waals surface area contributed by atoms with Crippen molar-refractivity contribution < 1.29 is 19.1 Å². The van der Waals surface area contributed by atoms with E-state index in [9.17, 15) is 14.4 Å². The van der Waals surface area contributed by atoms with Crippen LogP contribution in [0.5, 0.6) is 0 Å². The van der Waals surface area contributed by atoms with Crippen LogP contribution < -0.4 is 15.5 Å². The molecule has 7 nitrogen and oxygen atoms in total. The molecule has 0 bridgehead atoms. The summed E-state index contributed by atoms with van der Waals surface area (Å²) in [6, 6.07) is 5.16. The standard InChI is InChI=1S/C19H29N3O4/c1-6-26-18(24)10-9-17(23)21-14-7-8-16(22(4)5)15(11-14)19(25)20-12-13(2)3/h7-8,11,13H,6,9-10,12H2,1-5H3,(H,20,25)(H,21,23). The number of carbonyl (C=O) groups excluding carboxylic acids is 3. The summed E-state index contributed by atoms with van der Waals surface area (Å²) in [6.07, 6.45) is 0.0559. The molecule has 0 atom stereocenters. The minimum atomic E-state index is -0.403. The van der Waals surface area contributed by atoms with Crippen molar-refractivity contribution in [2.75, 3.05) is 37.5 Å². The van der Waals surface area contributed by atoms with Crippen LogP contribution in [0.4, 0.5) is 11.4 Å². The van der Waals surface area contributed by atoms with Gasteiger partial charge in [-0.15, -0.1) is 0 Å². The normalized spacial score (nSPS) is 10.4. The van der Waals surface area contributed by atoms with Crippen molar-refractivity contribution in [1.82, 2.24) is 5.32 Å². The van der Waals surface area contributed by atoms with E-state index in [1.54, 1.807) is 25.1 Å². The van der Waals surface area contributed by atoms with E-state index in [2.05, 4.69) is 10.6 Å². The summed E-state index contributed by atoms with van der Waals surface area (Å²) in [7, 11) is 3.71. The van der Waals surface area contributed by atoms with Gasteiger partial charge >= 0.3 is 5.97 Å². The van der Waals surface area contributed by atoms with E-state index < -0.39 is 5.97 Å². The van der Waals surface area contributed by atoms with E-state index >= 15 is 0 Å². The summed E-state index contributed by atoms with van der Waals surface area (Å²) in [5.74, 6) is -0.555. The van der Waals surface area contributed by atoms with Crippen LogP contribution >= 0.6 is 0 Å². The lowest BCUT2D eigenvalue weighted by molar-refractivity contribution is -0.144. The second-order valence-electron chi connectivity index (χ2n) is 6.58. The highest BCUT2D eigenvalue weighted by atomic mass is 16.5. The SMILES string of the molecule is CCOC(=O)CCC(=O)Nc1ccc(N(C)C)c(C(=O)NCC(C)C)c1. The number of carbonyl (C=O) groups is 3. The van der Waals surface area contributed by atoms with Crippen LogP contribution in [0, 0.1) is 5.92 Å². The average Bonchev–Trinajstić information content (AvgIpc) is 2.57. The van der Waals surface area contributed by atoms with Crippen molar-refractivity contribution in [1.29, 1.82) is 0 Å². The highest BCUT2D eigenvalue weighted by Crippen LogP contribution is 2.23. The quantitative estimate of drug-likeness (QED) is 0.658. The summed E-state index contributed by atoms with van der Waals surface area (Å²) < 4.78 is 4.80. The van der Waals surface area contributed by atoms with Crippen LogP contribution in [0.2, 0.25) is 0 Å². The molecule has 0 heterocycles. The number of hydrogen-bond acceptors (Lipinski definition) is 5. The molecule has 2 N–H and O–H groups in total. The van der Waals surface area contributed by atoms with Gasteiger partial charge in [0.1, 0.15) is 0 Å². The number of nitrogens with one attached hydrogen (secondary N) is 2. The summed E-state index contributed by atoms with van der Waals surface area (Å²) in [5, 5.41) is 5.61. The Labute approximate surface area is 155 Å². The third kappa shape index (κ3) is 7.13. The second-order valence-corrected chi connectivity index (χ2v) is 6.58. The molecular formula is C19H29N3O4. The number of anilines is 2. The molecule has 0 aromatic heterocycles. The van der Waals surface area contributed by atoms with Crippen LogP contribution in [0.1, 0.15) is 44.0 Å². The summed E-state index contributed by atoms with van der Waals surface area (Å²) in [5.41, 5.74) is 1.76. The van der Waals surface area contributed by atoms with E-state index in [-0.39, 0.29) is 24.7 Å². The van der Waals surface area contributed by atoms with Crippen LogP contribution in [0.15, 0.2) is 18.2 Å². The van der Waals surface area contributed by atoms with Gasteiger partial charge in [0.2, 0.25) is 5.91 Å². The zero-order chi connectivity index (χ0) is 19.7. The van der Waals surface area contributed by atoms with Gasteiger partial charge in [0.05, 0.1) is 18.6 Å². The third-order valence-electron chi connectivity index (χ3n) is 3.54. The molecule has 0 aliphatic heterocycles. The second kappa shape index (κ2) is 10.4. The molecule has 7 heteroatoms. The van der Waals surface area contributed by atoms with Crippen molar-refractivity contribution in [3.63, 3.8) is 0 Å². The lowest BCUT2D eigenvalue weighted by Gasteiger charge is -2.19. The van der Waals surface area contributed by atoms with Gasteiger partial charge in [-0.2, -0.15) is 0 Å². The smallest absolute Gasteiger partial charge is 0.306 e. The van der Waals surface area contributed by atoms with Gasteiger partial charge in [-0.25, -0.2) is 0 Å². The molecule has 1 aromatic rings. The molecule has 0 aliphatic carbocycles. The molecule has 26 heavy (non-hydrogen) atoms. The van der Waals surface area contributed by atoms with Crippen molar-refractivity contribution in [3.05, 3.63) is 23.8 Å². The van der Waals surface area contributed by atoms with Crippen molar-refractivity contribution in [2.24, 2.45) is 5.92 Å². The van der Waals surface area contributed by atoms with Gasteiger partial charge in [-0.05, 0) is 31.0 Å². The molecule has 0 saturated heterocycles. The maximum atomic E-state index is 12.5. The first-order valence-electron chi connectivity index (χ1n) is 8.79. The molecule has 0 saturated carbocycles.